The molecule has 214 valence electrons. The Balaban J connectivity index is 1.35. The van der Waals surface area contributed by atoms with E-state index in [0.717, 1.165) is 44.1 Å². The number of rotatable bonds is 5. The summed E-state index contributed by atoms with van der Waals surface area (Å²) >= 11 is 0. The number of ether oxygens (including phenoxy) is 3. The fourth-order valence-corrected chi connectivity index (χ4v) is 9.62. The molecule has 0 spiro atoms. The van der Waals surface area contributed by atoms with E-state index in [4.69, 9.17) is 14.2 Å². The van der Waals surface area contributed by atoms with Gasteiger partial charge in [-0.2, -0.15) is 0 Å². The third-order valence-corrected chi connectivity index (χ3v) is 11.5. The SMILES string of the molecule is CC(C)C(=O)OCC(=O)[C@]12O[C@H](C3CCCCC3)O[C@H]1C[C@@H]1[C@H]3CCC4=CC(=O)C=C[C@]4(C)[C@@H]3[C@@H](O)C[C@@]12C. The second kappa shape index (κ2) is 9.63. The van der Waals surface area contributed by atoms with Gasteiger partial charge < -0.3 is 19.3 Å². The highest BCUT2D eigenvalue weighted by molar-refractivity contribution is 6.01. The highest BCUT2D eigenvalue weighted by Gasteiger charge is 2.76. The number of hydrogen-bond donors (Lipinski definition) is 1. The molecule has 1 heterocycles. The molecule has 0 unspecified atom stereocenters. The Morgan fingerprint density at radius 3 is 2.62 bits per heavy atom. The molecule has 9 atom stereocenters. The molecule has 0 amide bonds. The third kappa shape index (κ3) is 3.97. The number of carbonyl (C=O) groups excluding carboxylic acids is 3. The van der Waals surface area contributed by atoms with Gasteiger partial charge in [-0.3, -0.25) is 14.4 Å². The van der Waals surface area contributed by atoms with Crippen molar-refractivity contribution in [1.29, 1.82) is 0 Å². The fourth-order valence-electron chi connectivity index (χ4n) is 9.62. The van der Waals surface area contributed by atoms with E-state index in [9.17, 15) is 19.5 Å². The first-order valence-electron chi connectivity index (χ1n) is 15.2. The van der Waals surface area contributed by atoms with Crippen LogP contribution in [0.2, 0.25) is 0 Å². The Labute approximate surface area is 231 Å². The lowest BCUT2D eigenvalue weighted by atomic mass is 9.46. The Morgan fingerprint density at radius 2 is 1.90 bits per heavy atom. The summed E-state index contributed by atoms with van der Waals surface area (Å²) in [7, 11) is 0. The number of carbonyl (C=O) groups is 3. The van der Waals surface area contributed by atoms with Crippen LogP contribution in [0.15, 0.2) is 23.8 Å². The first-order valence-corrected chi connectivity index (χ1v) is 15.2. The number of aliphatic hydroxyl groups excluding tert-OH is 1. The summed E-state index contributed by atoms with van der Waals surface area (Å²) in [5.41, 5.74) is -1.19. The minimum absolute atomic E-state index is 0.0162. The summed E-state index contributed by atoms with van der Waals surface area (Å²) in [5, 5.41) is 11.9. The number of Topliss-reactive ketones (excluding diaryl/α,β-unsaturated/α-hetero) is 1. The minimum Gasteiger partial charge on any atom is -0.457 e. The van der Waals surface area contributed by atoms with Gasteiger partial charge >= 0.3 is 5.97 Å². The molecular weight excluding hydrogens is 496 g/mol. The maximum atomic E-state index is 14.2. The predicted octanol–water partition coefficient (Wildman–Crippen LogP) is 4.70. The summed E-state index contributed by atoms with van der Waals surface area (Å²) in [6, 6.07) is 0. The molecule has 1 N–H and O–H groups in total. The van der Waals surface area contributed by atoms with Gasteiger partial charge in [-0.05, 0) is 62.5 Å². The Kier molecular flexibility index (Phi) is 6.75. The molecule has 0 aromatic carbocycles. The summed E-state index contributed by atoms with van der Waals surface area (Å²) in [5.74, 6) is -0.471. The lowest BCUT2D eigenvalue weighted by molar-refractivity contribution is -0.210. The first-order chi connectivity index (χ1) is 18.5. The molecule has 1 saturated heterocycles. The molecule has 6 rings (SSSR count). The van der Waals surface area contributed by atoms with Gasteiger partial charge in [-0.25, -0.2) is 0 Å². The van der Waals surface area contributed by atoms with Crippen LogP contribution in [-0.4, -0.2) is 53.3 Å². The molecule has 0 aromatic rings. The average molecular weight is 541 g/mol. The van der Waals surface area contributed by atoms with Gasteiger partial charge in [0.15, 0.2) is 24.3 Å². The number of allylic oxidation sites excluding steroid dienone is 4. The van der Waals surface area contributed by atoms with Crippen molar-refractivity contribution in [2.75, 3.05) is 6.61 Å². The molecule has 4 saturated carbocycles. The summed E-state index contributed by atoms with van der Waals surface area (Å²) < 4.78 is 19.0. The van der Waals surface area contributed by atoms with Crippen molar-refractivity contribution in [1.82, 2.24) is 0 Å². The summed E-state index contributed by atoms with van der Waals surface area (Å²) in [6.07, 6.45) is 12.2. The summed E-state index contributed by atoms with van der Waals surface area (Å²) in [4.78, 5) is 38.7. The molecular formula is C32H44O7. The number of hydrogen-bond acceptors (Lipinski definition) is 7. The van der Waals surface area contributed by atoms with Crippen LogP contribution in [0.4, 0.5) is 0 Å². The second-order valence-electron chi connectivity index (χ2n) is 13.9. The Bertz CT molecular complexity index is 1100. The van der Waals surface area contributed by atoms with E-state index >= 15 is 0 Å². The highest BCUT2D eigenvalue weighted by atomic mass is 16.7. The number of ketones is 2. The molecule has 39 heavy (non-hydrogen) atoms. The molecule has 0 radical (unpaired) electrons. The first kappa shape index (κ1) is 27.3. The van der Waals surface area contributed by atoms with E-state index in [-0.39, 0.29) is 53.2 Å². The van der Waals surface area contributed by atoms with Crippen molar-refractivity contribution in [3.05, 3.63) is 23.8 Å². The molecule has 0 bridgehead atoms. The van der Waals surface area contributed by atoms with Crippen molar-refractivity contribution in [3.63, 3.8) is 0 Å². The molecule has 7 nitrogen and oxygen atoms in total. The van der Waals surface area contributed by atoms with Crippen molar-refractivity contribution >= 4 is 17.5 Å². The fraction of sp³-hybridized carbons (Fsp3) is 0.781. The van der Waals surface area contributed by atoms with E-state index in [2.05, 4.69) is 13.8 Å². The monoisotopic (exact) mass is 540 g/mol. The quantitative estimate of drug-likeness (QED) is 0.505. The normalized spacial score (nSPS) is 45.3. The van der Waals surface area contributed by atoms with E-state index in [1.54, 1.807) is 26.0 Å². The predicted molar refractivity (Wildman–Crippen MR) is 143 cm³/mol. The lowest BCUT2D eigenvalue weighted by Crippen LogP contribution is -2.63. The van der Waals surface area contributed by atoms with Crippen LogP contribution in [0.25, 0.3) is 0 Å². The highest BCUT2D eigenvalue weighted by Crippen LogP contribution is 2.70. The average Bonchev–Trinajstić information content (AvgIpc) is 3.41. The minimum atomic E-state index is -1.25. The van der Waals surface area contributed by atoms with Crippen LogP contribution in [0.5, 0.6) is 0 Å². The van der Waals surface area contributed by atoms with Crippen LogP contribution < -0.4 is 0 Å². The van der Waals surface area contributed by atoms with Crippen LogP contribution >= 0.6 is 0 Å². The van der Waals surface area contributed by atoms with Crippen molar-refractivity contribution in [3.8, 4) is 0 Å². The van der Waals surface area contributed by atoms with Gasteiger partial charge in [0.2, 0.25) is 5.78 Å². The largest absolute Gasteiger partial charge is 0.457 e. The Hall–Kier alpha value is -1.83. The van der Waals surface area contributed by atoms with Crippen molar-refractivity contribution in [2.24, 2.45) is 40.4 Å². The lowest BCUT2D eigenvalue weighted by Gasteiger charge is -2.59. The second-order valence-corrected chi connectivity index (χ2v) is 13.9. The van der Waals surface area contributed by atoms with Gasteiger partial charge in [-0.1, -0.05) is 58.6 Å². The Morgan fingerprint density at radius 1 is 1.15 bits per heavy atom. The third-order valence-electron chi connectivity index (χ3n) is 11.5. The van der Waals surface area contributed by atoms with E-state index in [1.807, 2.05) is 6.08 Å². The zero-order valence-electron chi connectivity index (χ0n) is 23.8. The topological polar surface area (TPSA) is 99.1 Å². The van der Waals surface area contributed by atoms with E-state index in [1.165, 1.54) is 6.42 Å². The van der Waals surface area contributed by atoms with Gasteiger partial charge in [0.25, 0.3) is 0 Å². The number of fused-ring (bicyclic) bond motifs is 7. The zero-order chi connectivity index (χ0) is 27.7. The molecule has 5 fully saturated rings. The number of aliphatic hydroxyl groups is 1. The van der Waals surface area contributed by atoms with Gasteiger partial charge in [0, 0.05) is 22.7 Å². The van der Waals surface area contributed by atoms with Crippen LogP contribution in [0, 0.1) is 40.4 Å². The van der Waals surface area contributed by atoms with Crippen LogP contribution in [0.3, 0.4) is 0 Å². The maximum absolute atomic E-state index is 14.2. The zero-order valence-corrected chi connectivity index (χ0v) is 23.8. The number of esters is 1. The van der Waals surface area contributed by atoms with E-state index < -0.39 is 35.5 Å². The van der Waals surface area contributed by atoms with Gasteiger partial charge in [-0.15, -0.1) is 0 Å². The maximum Gasteiger partial charge on any atom is 0.308 e. The van der Waals surface area contributed by atoms with Crippen LogP contribution in [0.1, 0.15) is 85.5 Å². The van der Waals surface area contributed by atoms with Crippen LogP contribution in [-0.2, 0) is 28.6 Å². The smallest absolute Gasteiger partial charge is 0.308 e. The van der Waals surface area contributed by atoms with Gasteiger partial charge in [0.05, 0.1) is 18.1 Å². The standard InChI is InChI=1S/C32H44O7/c1-18(2)28(36)37-17-25(35)32-26(38-29(39-32)19-8-6-5-7-9-19)15-23-22-11-10-20-14-21(33)12-13-30(20,3)27(22)24(34)16-31(23,32)4/h12-14,18-19,22-24,26-27,29,34H,5-11,15-17H2,1-4H3/t22-,23-,24+,26+,27+,29-,30+,31+,32+/m1/s1. The molecule has 5 aliphatic carbocycles. The molecule has 1 aliphatic heterocycles. The van der Waals surface area contributed by atoms with Crippen molar-refractivity contribution in [2.45, 2.75) is 110 Å². The summed E-state index contributed by atoms with van der Waals surface area (Å²) in [6.45, 7) is 7.44. The molecule has 7 heteroatoms. The molecule has 6 aliphatic rings. The van der Waals surface area contributed by atoms with E-state index in [0.29, 0.717) is 12.8 Å². The van der Waals surface area contributed by atoms with Crippen molar-refractivity contribution < 1.29 is 33.7 Å². The van der Waals surface area contributed by atoms with Gasteiger partial charge in [0.1, 0.15) is 0 Å². The molecule has 0 aromatic heterocycles.